The number of rotatable bonds is 5. The van der Waals surface area contributed by atoms with Crippen molar-refractivity contribution in [2.75, 3.05) is 13.2 Å². The van der Waals surface area contributed by atoms with Crippen LogP contribution in [0.4, 0.5) is 8.78 Å². The van der Waals surface area contributed by atoms with Gasteiger partial charge in [0, 0.05) is 4.47 Å². The summed E-state index contributed by atoms with van der Waals surface area (Å²) < 4.78 is 37.4. The minimum Gasteiger partial charge on any atom is -0.490 e. The molecule has 0 saturated heterocycles. The van der Waals surface area contributed by atoms with Crippen LogP contribution in [0.2, 0.25) is 0 Å². The lowest BCUT2D eigenvalue weighted by atomic mass is 10.3. The van der Waals surface area contributed by atoms with Crippen molar-refractivity contribution in [2.24, 2.45) is 0 Å². The number of hydrogen-bond acceptors (Lipinski definition) is 2. The number of ether oxygens (including phenoxy) is 2. The van der Waals surface area contributed by atoms with Gasteiger partial charge in [-0.1, -0.05) is 34.1 Å². The third kappa shape index (κ3) is 3.92. The molecule has 5 heteroatoms. The van der Waals surface area contributed by atoms with Crippen LogP contribution in [0.15, 0.2) is 46.9 Å². The van der Waals surface area contributed by atoms with Gasteiger partial charge in [0.25, 0.3) is 0 Å². The van der Waals surface area contributed by atoms with E-state index in [-0.39, 0.29) is 19.0 Å². The molecule has 0 bridgehead atoms. The van der Waals surface area contributed by atoms with E-state index in [2.05, 4.69) is 15.9 Å². The molecule has 0 amide bonds. The van der Waals surface area contributed by atoms with Gasteiger partial charge in [0.1, 0.15) is 19.0 Å². The summed E-state index contributed by atoms with van der Waals surface area (Å²) in [5.74, 6) is -1.38. The molecule has 0 aliphatic rings. The molecular weight excluding hydrogens is 318 g/mol. The van der Waals surface area contributed by atoms with E-state index in [1.54, 1.807) is 12.1 Å². The van der Waals surface area contributed by atoms with Gasteiger partial charge < -0.3 is 9.47 Å². The summed E-state index contributed by atoms with van der Waals surface area (Å²) in [6.07, 6.45) is 0. The van der Waals surface area contributed by atoms with Crippen LogP contribution in [-0.2, 0) is 0 Å². The van der Waals surface area contributed by atoms with Gasteiger partial charge in [-0.25, -0.2) is 4.39 Å². The molecule has 0 atom stereocenters. The Morgan fingerprint density at radius 3 is 2.37 bits per heavy atom. The fraction of sp³-hybridized carbons (Fsp3) is 0.143. The van der Waals surface area contributed by atoms with Crippen molar-refractivity contribution in [1.29, 1.82) is 0 Å². The summed E-state index contributed by atoms with van der Waals surface area (Å²) in [5, 5.41) is 0. The van der Waals surface area contributed by atoms with Crippen LogP contribution in [0.25, 0.3) is 0 Å². The summed E-state index contributed by atoms with van der Waals surface area (Å²) in [6, 6.07) is 11.6. The van der Waals surface area contributed by atoms with Gasteiger partial charge >= 0.3 is 0 Å². The molecule has 2 aromatic rings. The maximum absolute atomic E-state index is 13.4. The maximum Gasteiger partial charge on any atom is 0.200 e. The van der Waals surface area contributed by atoms with Crippen molar-refractivity contribution in [1.82, 2.24) is 0 Å². The van der Waals surface area contributed by atoms with Gasteiger partial charge in [-0.3, -0.25) is 0 Å². The summed E-state index contributed by atoms with van der Waals surface area (Å²) in [5.41, 5.74) is 0. The fourth-order valence-corrected chi connectivity index (χ4v) is 1.87. The van der Waals surface area contributed by atoms with E-state index < -0.39 is 11.6 Å². The lowest BCUT2D eigenvalue weighted by Gasteiger charge is -2.09. The lowest BCUT2D eigenvalue weighted by Crippen LogP contribution is -2.10. The average molecular weight is 329 g/mol. The molecule has 0 aliphatic heterocycles. The highest BCUT2D eigenvalue weighted by Crippen LogP contribution is 2.25. The van der Waals surface area contributed by atoms with E-state index in [0.29, 0.717) is 10.2 Å². The van der Waals surface area contributed by atoms with Gasteiger partial charge in [-0.2, -0.15) is 4.39 Å². The number of benzene rings is 2. The zero-order valence-electron chi connectivity index (χ0n) is 9.91. The molecule has 0 spiro atoms. The van der Waals surface area contributed by atoms with Crippen LogP contribution in [0.1, 0.15) is 0 Å². The van der Waals surface area contributed by atoms with E-state index in [9.17, 15) is 8.78 Å². The van der Waals surface area contributed by atoms with Crippen LogP contribution in [0.3, 0.4) is 0 Å². The Morgan fingerprint density at radius 2 is 1.63 bits per heavy atom. The first kappa shape index (κ1) is 13.8. The summed E-state index contributed by atoms with van der Waals surface area (Å²) in [7, 11) is 0. The second-order valence-corrected chi connectivity index (χ2v) is 4.63. The van der Waals surface area contributed by atoms with Crippen molar-refractivity contribution in [3.8, 4) is 11.5 Å². The minimum absolute atomic E-state index is 0.127. The van der Waals surface area contributed by atoms with Crippen LogP contribution in [0, 0.1) is 11.6 Å². The maximum atomic E-state index is 13.4. The van der Waals surface area contributed by atoms with Gasteiger partial charge in [0.15, 0.2) is 11.6 Å². The second kappa shape index (κ2) is 6.52. The van der Waals surface area contributed by atoms with Crippen molar-refractivity contribution in [2.45, 2.75) is 0 Å². The van der Waals surface area contributed by atoms with Crippen LogP contribution >= 0.6 is 15.9 Å². The molecule has 0 saturated carbocycles. The number of para-hydroxylation sites is 1. The molecule has 0 aliphatic carbocycles. The highest BCUT2D eigenvalue weighted by Gasteiger charge is 2.11. The van der Waals surface area contributed by atoms with E-state index in [1.807, 2.05) is 18.2 Å². The molecule has 100 valence electrons. The van der Waals surface area contributed by atoms with Crippen LogP contribution < -0.4 is 9.47 Å². The minimum atomic E-state index is -0.997. The Morgan fingerprint density at radius 1 is 0.947 bits per heavy atom. The Balaban J connectivity index is 1.86. The molecule has 0 radical (unpaired) electrons. The Hall–Kier alpha value is -1.62. The first-order valence-corrected chi connectivity index (χ1v) is 6.41. The van der Waals surface area contributed by atoms with E-state index >= 15 is 0 Å². The van der Waals surface area contributed by atoms with Gasteiger partial charge in [0.2, 0.25) is 5.82 Å². The average Bonchev–Trinajstić information content (AvgIpc) is 2.41. The Bertz CT molecular complexity index is 547. The quantitative estimate of drug-likeness (QED) is 0.605. The third-order valence-corrected chi connectivity index (χ3v) is 2.77. The molecule has 0 heterocycles. The van der Waals surface area contributed by atoms with Crippen LogP contribution in [0.5, 0.6) is 11.5 Å². The predicted molar refractivity (Wildman–Crippen MR) is 71.5 cm³/mol. The zero-order chi connectivity index (χ0) is 13.7. The molecule has 2 rings (SSSR count). The lowest BCUT2D eigenvalue weighted by molar-refractivity contribution is 0.209. The topological polar surface area (TPSA) is 18.5 Å². The van der Waals surface area contributed by atoms with Crippen molar-refractivity contribution < 1.29 is 18.3 Å². The third-order valence-electron chi connectivity index (χ3n) is 2.31. The van der Waals surface area contributed by atoms with Crippen molar-refractivity contribution in [3.63, 3.8) is 0 Å². The monoisotopic (exact) mass is 328 g/mol. The first-order valence-electron chi connectivity index (χ1n) is 5.62. The molecule has 2 aromatic carbocycles. The largest absolute Gasteiger partial charge is 0.490 e. The van der Waals surface area contributed by atoms with Gasteiger partial charge in [-0.05, 0) is 24.3 Å². The van der Waals surface area contributed by atoms with Crippen LogP contribution in [-0.4, -0.2) is 13.2 Å². The summed E-state index contributed by atoms with van der Waals surface area (Å²) in [4.78, 5) is 0. The second-order valence-electron chi connectivity index (χ2n) is 3.71. The van der Waals surface area contributed by atoms with E-state index in [4.69, 9.17) is 9.47 Å². The molecular formula is C14H11BrF2O2. The summed E-state index contributed by atoms with van der Waals surface area (Å²) in [6.45, 7) is 0.374. The molecule has 2 nitrogen and oxygen atoms in total. The Labute approximate surface area is 118 Å². The fourth-order valence-electron chi connectivity index (χ4n) is 1.47. The van der Waals surface area contributed by atoms with Crippen molar-refractivity contribution >= 4 is 15.9 Å². The van der Waals surface area contributed by atoms with E-state index in [1.165, 1.54) is 6.07 Å². The SMILES string of the molecule is Fc1cc(Br)cc(OCCOc2ccccc2)c1F. The molecule has 0 N–H and O–H groups in total. The molecule has 0 fully saturated rings. The Kier molecular flexibility index (Phi) is 4.74. The zero-order valence-corrected chi connectivity index (χ0v) is 11.5. The first-order chi connectivity index (χ1) is 9.16. The highest BCUT2D eigenvalue weighted by molar-refractivity contribution is 9.10. The molecule has 0 aromatic heterocycles. The number of hydrogen-bond donors (Lipinski definition) is 0. The van der Waals surface area contributed by atoms with Gasteiger partial charge in [0.05, 0.1) is 0 Å². The van der Waals surface area contributed by atoms with E-state index in [0.717, 1.165) is 6.07 Å². The normalized spacial score (nSPS) is 10.3. The highest BCUT2D eigenvalue weighted by atomic mass is 79.9. The standard InChI is InChI=1S/C14H11BrF2O2/c15-10-8-12(16)14(17)13(9-10)19-7-6-18-11-4-2-1-3-5-11/h1-5,8-9H,6-7H2. The number of halogens is 3. The van der Waals surface area contributed by atoms with Crippen molar-refractivity contribution in [3.05, 3.63) is 58.6 Å². The van der Waals surface area contributed by atoms with Gasteiger partial charge in [-0.15, -0.1) is 0 Å². The summed E-state index contributed by atoms with van der Waals surface area (Å²) >= 11 is 3.07. The molecule has 19 heavy (non-hydrogen) atoms. The predicted octanol–water partition coefficient (Wildman–Crippen LogP) is 4.19. The molecule has 0 unspecified atom stereocenters. The smallest absolute Gasteiger partial charge is 0.200 e.